The van der Waals surface area contributed by atoms with Crippen molar-refractivity contribution < 1.29 is 9.59 Å². The Morgan fingerprint density at radius 2 is 1.84 bits per heavy atom. The molecule has 2 aromatic carbocycles. The highest BCUT2D eigenvalue weighted by molar-refractivity contribution is 6.00. The molecule has 2 unspecified atom stereocenters. The van der Waals surface area contributed by atoms with Gasteiger partial charge in [0.2, 0.25) is 5.91 Å². The van der Waals surface area contributed by atoms with Gasteiger partial charge in [0.25, 0.3) is 0 Å². The van der Waals surface area contributed by atoms with Gasteiger partial charge in [-0.25, -0.2) is 0 Å². The minimum Gasteiger partial charge on any atom is -0.374 e. The average molecular weight is 335 g/mol. The van der Waals surface area contributed by atoms with Crippen LogP contribution in [-0.4, -0.2) is 30.3 Å². The van der Waals surface area contributed by atoms with Crippen molar-refractivity contribution in [3.05, 3.63) is 60.2 Å². The fraction of sp³-hybridized carbons (Fsp3) is 0.300. The zero-order valence-corrected chi connectivity index (χ0v) is 13.9. The first-order chi connectivity index (χ1) is 12.2. The van der Waals surface area contributed by atoms with Crippen LogP contribution in [-0.2, 0) is 9.59 Å². The minimum atomic E-state index is -0.458. The van der Waals surface area contributed by atoms with Gasteiger partial charge in [-0.15, -0.1) is 0 Å². The maximum atomic E-state index is 13.0. The number of ketones is 1. The first-order valence-corrected chi connectivity index (χ1v) is 8.70. The van der Waals surface area contributed by atoms with E-state index in [1.807, 2.05) is 48.5 Å². The molecule has 2 aliphatic heterocycles. The Hall–Kier alpha value is -2.66. The van der Waals surface area contributed by atoms with E-state index in [-0.39, 0.29) is 30.1 Å². The lowest BCUT2D eigenvalue weighted by molar-refractivity contribution is -0.125. The summed E-state index contributed by atoms with van der Waals surface area (Å²) in [6.07, 6.45) is 1.03. The molecular weight excluding hydrogens is 314 g/mol. The molecule has 0 radical (unpaired) electrons. The molecular formula is C20H21N3O2. The van der Waals surface area contributed by atoms with Crippen LogP contribution in [0.2, 0.25) is 0 Å². The van der Waals surface area contributed by atoms with Crippen molar-refractivity contribution >= 4 is 23.1 Å². The molecule has 2 aromatic rings. The normalized spacial score (nSPS) is 24.6. The van der Waals surface area contributed by atoms with Gasteiger partial charge in [0.15, 0.2) is 5.78 Å². The molecule has 3 N–H and O–H groups in total. The lowest BCUT2D eigenvalue weighted by Gasteiger charge is -2.19. The summed E-state index contributed by atoms with van der Waals surface area (Å²) < 4.78 is 0. The number of anilines is 2. The van der Waals surface area contributed by atoms with E-state index in [1.54, 1.807) is 0 Å². The van der Waals surface area contributed by atoms with Crippen LogP contribution in [0.15, 0.2) is 54.6 Å². The molecule has 2 aliphatic rings. The Kier molecular flexibility index (Phi) is 4.24. The number of Topliss-reactive ketones (excluding diaryl/α,β-unsaturated/α-hetero) is 1. The van der Waals surface area contributed by atoms with E-state index in [0.717, 1.165) is 24.3 Å². The number of rotatable bonds is 3. The van der Waals surface area contributed by atoms with E-state index in [0.29, 0.717) is 0 Å². The first-order valence-electron chi connectivity index (χ1n) is 8.70. The molecule has 1 saturated heterocycles. The van der Waals surface area contributed by atoms with Crippen LogP contribution in [0, 0.1) is 0 Å². The monoisotopic (exact) mass is 335 g/mol. The van der Waals surface area contributed by atoms with Gasteiger partial charge in [-0.05, 0) is 36.7 Å². The molecule has 0 saturated carbocycles. The predicted octanol–water partition coefficient (Wildman–Crippen LogP) is 2.52. The van der Waals surface area contributed by atoms with E-state index in [1.165, 1.54) is 5.56 Å². The summed E-state index contributed by atoms with van der Waals surface area (Å²) in [6, 6.07) is 16.7. The summed E-state index contributed by atoms with van der Waals surface area (Å²) in [6.45, 7) is 0.728. The lowest BCUT2D eigenvalue weighted by Crippen LogP contribution is -2.44. The highest BCUT2D eigenvalue weighted by atomic mass is 16.2. The number of para-hydroxylation sites is 2. The molecule has 2 heterocycles. The quantitative estimate of drug-likeness (QED) is 0.806. The maximum absolute atomic E-state index is 13.0. The molecule has 5 nitrogen and oxygen atoms in total. The molecule has 25 heavy (non-hydrogen) atoms. The SMILES string of the molecule is O=C(C[C@@H]1NCCC2c3ccccc3NC2C1=O)Nc1ccccc1. The standard InChI is InChI=1S/C20H21N3O2/c24-18(22-13-6-2-1-3-7-13)12-17-20(25)19-15(10-11-21-17)14-8-4-5-9-16(14)23-19/h1-9,15,17,19,21,23H,10-12H2,(H,22,24)/t15?,17-,19?/m0/s1. The van der Waals surface area contributed by atoms with Crippen LogP contribution >= 0.6 is 0 Å². The molecule has 0 spiro atoms. The van der Waals surface area contributed by atoms with Gasteiger partial charge in [0.05, 0.1) is 12.1 Å². The van der Waals surface area contributed by atoms with E-state index in [9.17, 15) is 9.59 Å². The fourth-order valence-corrected chi connectivity index (χ4v) is 3.81. The zero-order valence-electron chi connectivity index (χ0n) is 13.9. The molecule has 128 valence electrons. The van der Waals surface area contributed by atoms with Crippen molar-refractivity contribution in [1.82, 2.24) is 5.32 Å². The summed E-state index contributed by atoms with van der Waals surface area (Å²) in [4.78, 5) is 25.3. The summed E-state index contributed by atoms with van der Waals surface area (Å²) in [5.41, 5.74) is 3.00. The third-order valence-corrected chi connectivity index (χ3v) is 5.02. The smallest absolute Gasteiger partial charge is 0.226 e. The highest BCUT2D eigenvalue weighted by Crippen LogP contribution is 2.39. The van der Waals surface area contributed by atoms with Crippen LogP contribution in [0.5, 0.6) is 0 Å². The number of fused-ring (bicyclic) bond motifs is 3. The van der Waals surface area contributed by atoms with Crippen molar-refractivity contribution in [3.63, 3.8) is 0 Å². The van der Waals surface area contributed by atoms with Crippen LogP contribution in [0.25, 0.3) is 0 Å². The Morgan fingerprint density at radius 1 is 1.08 bits per heavy atom. The van der Waals surface area contributed by atoms with Gasteiger partial charge in [-0.1, -0.05) is 36.4 Å². The predicted molar refractivity (Wildman–Crippen MR) is 97.7 cm³/mol. The van der Waals surface area contributed by atoms with Gasteiger partial charge >= 0.3 is 0 Å². The van der Waals surface area contributed by atoms with Crippen molar-refractivity contribution in [2.24, 2.45) is 0 Å². The van der Waals surface area contributed by atoms with E-state index < -0.39 is 6.04 Å². The Labute approximate surface area is 146 Å². The zero-order chi connectivity index (χ0) is 17.2. The molecule has 0 bridgehead atoms. The lowest BCUT2D eigenvalue weighted by atomic mass is 9.89. The third kappa shape index (κ3) is 3.15. The second-order valence-corrected chi connectivity index (χ2v) is 6.63. The maximum Gasteiger partial charge on any atom is 0.226 e. The summed E-state index contributed by atoms with van der Waals surface area (Å²) in [5.74, 6) is 0.103. The number of carbonyl (C=O) groups excluding carboxylic acids is 2. The number of carbonyl (C=O) groups is 2. The first kappa shape index (κ1) is 15.8. The molecule has 4 rings (SSSR count). The van der Waals surface area contributed by atoms with E-state index >= 15 is 0 Å². The Bertz CT molecular complexity index is 791. The van der Waals surface area contributed by atoms with E-state index in [4.69, 9.17) is 0 Å². The number of hydrogen-bond acceptors (Lipinski definition) is 4. The van der Waals surface area contributed by atoms with Crippen LogP contribution in [0.3, 0.4) is 0 Å². The van der Waals surface area contributed by atoms with Crippen molar-refractivity contribution in [2.75, 3.05) is 17.2 Å². The molecule has 3 atom stereocenters. The van der Waals surface area contributed by atoms with Crippen molar-refractivity contribution in [1.29, 1.82) is 0 Å². The van der Waals surface area contributed by atoms with Gasteiger partial charge < -0.3 is 16.0 Å². The fourth-order valence-electron chi connectivity index (χ4n) is 3.81. The van der Waals surface area contributed by atoms with Crippen molar-refractivity contribution in [2.45, 2.75) is 30.8 Å². The largest absolute Gasteiger partial charge is 0.374 e. The number of hydrogen-bond donors (Lipinski definition) is 3. The average Bonchev–Trinajstić information content (AvgIpc) is 2.93. The molecule has 1 amide bonds. The summed E-state index contributed by atoms with van der Waals surface area (Å²) >= 11 is 0. The van der Waals surface area contributed by atoms with E-state index in [2.05, 4.69) is 22.0 Å². The molecule has 0 aliphatic carbocycles. The molecule has 0 aromatic heterocycles. The van der Waals surface area contributed by atoms with Crippen LogP contribution < -0.4 is 16.0 Å². The number of amides is 1. The van der Waals surface area contributed by atoms with Gasteiger partial charge in [-0.2, -0.15) is 0 Å². The summed E-state index contributed by atoms with van der Waals surface area (Å²) in [5, 5.41) is 9.47. The van der Waals surface area contributed by atoms with Crippen LogP contribution in [0.1, 0.15) is 24.3 Å². The second-order valence-electron chi connectivity index (χ2n) is 6.63. The minimum absolute atomic E-state index is 0.0712. The number of benzene rings is 2. The third-order valence-electron chi connectivity index (χ3n) is 5.02. The topological polar surface area (TPSA) is 70.2 Å². The van der Waals surface area contributed by atoms with Gasteiger partial charge in [0, 0.05) is 23.7 Å². The van der Waals surface area contributed by atoms with Gasteiger partial charge in [-0.3, -0.25) is 9.59 Å². The summed E-state index contributed by atoms with van der Waals surface area (Å²) in [7, 11) is 0. The Morgan fingerprint density at radius 3 is 2.68 bits per heavy atom. The van der Waals surface area contributed by atoms with Gasteiger partial charge in [0.1, 0.15) is 0 Å². The van der Waals surface area contributed by atoms with Crippen molar-refractivity contribution in [3.8, 4) is 0 Å². The Balaban J connectivity index is 1.46. The highest BCUT2D eigenvalue weighted by Gasteiger charge is 2.41. The second kappa shape index (κ2) is 6.69. The molecule has 5 heteroatoms. The molecule has 1 fully saturated rings. The number of nitrogens with one attached hydrogen (secondary N) is 3. The van der Waals surface area contributed by atoms with Crippen LogP contribution in [0.4, 0.5) is 11.4 Å².